The molecule has 0 aromatic heterocycles. The Morgan fingerprint density at radius 3 is 1.53 bits per heavy atom. The van der Waals surface area contributed by atoms with E-state index in [9.17, 15) is 28.8 Å². The minimum atomic E-state index is -1.62. The molecule has 3 aliphatic heterocycles. The maximum absolute atomic E-state index is 12.2. The fraction of sp³-hybridized carbons (Fsp3) is 0.731. The van der Waals surface area contributed by atoms with Crippen LogP contribution in [0.2, 0.25) is 0 Å². The van der Waals surface area contributed by atoms with Gasteiger partial charge in [-0.25, -0.2) is 4.99 Å². The van der Waals surface area contributed by atoms with Gasteiger partial charge < -0.3 is 47.4 Å². The van der Waals surface area contributed by atoms with Gasteiger partial charge in [0.1, 0.15) is 37.6 Å². The number of carbonyl (C=O) groups is 6. The van der Waals surface area contributed by atoms with Crippen molar-refractivity contribution >= 4 is 41.7 Å². The van der Waals surface area contributed by atoms with Crippen LogP contribution in [-0.4, -0.2) is 116 Å². The van der Waals surface area contributed by atoms with Crippen LogP contribution in [0.25, 0.3) is 0 Å². The van der Waals surface area contributed by atoms with E-state index in [-0.39, 0.29) is 12.5 Å². The Balaban J connectivity index is 2.07. The zero-order valence-corrected chi connectivity index (χ0v) is 24.7. The van der Waals surface area contributed by atoms with E-state index in [0.29, 0.717) is 0 Å². The second-order valence-corrected chi connectivity index (χ2v) is 9.84. The molecule has 0 N–H and O–H groups in total. The fourth-order valence-electron chi connectivity index (χ4n) is 4.81. The van der Waals surface area contributed by atoms with Gasteiger partial charge in [0.15, 0.2) is 36.6 Å². The normalized spacial score (nSPS) is 33.0. The van der Waals surface area contributed by atoms with Gasteiger partial charge in [-0.1, -0.05) is 0 Å². The summed E-state index contributed by atoms with van der Waals surface area (Å²) >= 11 is 0. The number of hydrogen-bond donors (Lipinski definition) is 0. The van der Waals surface area contributed by atoms with E-state index < -0.39 is 104 Å². The number of carbonyl (C=O) groups excluding carboxylic acids is 6. The summed E-state index contributed by atoms with van der Waals surface area (Å²) in [6.45, 7) is 7.40. The van der Waals surface area contributed by atoms with Crippen molar-refractivity contribution in [1.82, 2.24) is 0 Å². The summed E-state index contributed by atoms with van der Waals surface area (Å²) in [7, 11) is 0. The highest BCUT2D eigenvalue weighted by atomic mass is 16.8. The smallest absolute Gasteiger partial charge is 0.303 e. The van der Waals surface area contributed by atoms with E-state index in [0.717, 1.165) is 34.6 Å². The second kappa shape index (κ2) is 14.6. The molecule has 0 bridgehead atoms. The van der Waals surface area contributed by atoms with Gasteiger partial charge in [0.25, 0.3) is 0 Å². The summed E-state index contributed by atoms with van der Waals surface area (Å²) in [5.41, 5.74) is 0. The number of esters is 6. The molecular weight excluding hydrogens is 582 g/mol. The number of ether oxygens (including phenoxy) is 10. The predicted octanol–water partition coefficient (Wildman–Crippen LogP) is -0.508. The molecule has 17 heteroatoms. The number of nitrogens with zero attached hydrogens (tertiary/aromatic N) is 1. The Hall–Kier alpha value is -3.83. The van der Waals surface area contributed by atoms with Crippen LogP contribution in [0.4, 0.5) is 0 Å². The summed E-state index contributed by atoms with van der Waals surface area (Å²) in [5, 5.41) is 0. The van der Waals surface area contributed by atoms with Gasteiger partial charge in [0.2, 0.25) is 6.29 Å². The topological polar surface area (TPSA) is 207 Å². The van der Waals surface area contributed by atoms with Crippen molar-refractivity contribution < 1.29 is 76.1 Å². The van der Waals surface area contributed by atoms with Crippen LogP contribution in [0.1, 0.15) is 48.5 Å². The molecule has 0 saturated carbocycles. The molecule has 240 valence electrons. The molecule has 3 rings (SSSR count). The molecule has 0 aromatic carbocycles. The molecular formula is C26H35NO16. The number of rotatable bonds is 10. The van der Waals surface area contributed by atoms with Crippen LogP contribution >= 0.6 is 0 Å². The molecule has 0 amide bonds. The molecule has 10 atom stereocenters. The second-order valence-electron chi connectivity index (χ2n) is 9.84. The monoisotopic (exact) mass is 617 g/mol. The fourth-order valence-corrected chi connectivity index (χ4v) is 4.81. The van der Waals surface area contributed by atoms with Crippen LogP contribution in [0.3, 0.4) is 0 Å². The van der Waals surface area contributed by atoms with Crippen molar-refractivity contribution in [3.63, 3.8) is 0 Å². The minimum Gasteiger partial charge on any atom is -0.463 e. The van der Waals surface area contributed by atoms with Crippen LogP contribution < -0.4 is 0 Å². The van der Waals surface area contributed by atoms with Gasteiger partial charge >= 0.3 is 35.8 Å². The lowest BCUT2D eigenvalue weighted by atomic mass is 9.95. The van der Waals surface area contributed by atoms with Crippen LogP contribution in [0, 0.1) is 0 Å². The van der Waals surface area contributed by atoms with Gasteiger partial charge in [0.05, 0.1) is 0 Å². The van der Waals surface area contributed by atoms with Crippen molar-refractivity contribution in [1.29, 1.82) is 0 Å². The SMILES string of the molecule is CC(=O)OCC1OC2OC(C)=NC2C(OC2OC(COC(C)=O)C(OC(C)=O)C(OC(C)=O)C2OC(C)=O)C1OC(C)=O. The molecule has 43 heavy (non-hydrogen) atoms. The first-order chi connectivity index (χ1) is 20.2. The van der Waals surface area contributed by atoms with E-state index >= 15 is 0 Å². The van der Waals surface area contributed by atoms with E-state index in [1.807, 2.05) is 0 Å². The minimum absolute atomic E-state index is 0.208. The van der Waals surface area contributed by atoms with Crippen LogP contribution in [-0.2, 0) is 76.1 Å². The summed E-state index contributed by atoms with van der Waals surface area (Å²) in [6, 6.07) is -0.968. The number of hydrogen-bond acceptors (Lipinski definition) is 17. The highest BCUT2D eigenvalue weighted by Gasteiger charge is 2.58. The number of aliphatic imine (C=N–C) groups is 1. The molecule has 0 radical (unpaired) electrons. The Kier molecular flexibility index (Phi) is 11.4. The van der Waals surface area contributed by atoms with Crippen molar-refractivity contribution in [2.75, 3.05) is 13.2 Å². The maximum Gasteiger partial charge on any atom is 0.303 e. The van der Waals surface area contributed by atoms with Crippen LogP contribution in [0.15, 0.2) is 4.99 Å². The first-order valence-corrected chi connectivity index (χ1v) is 13.3. The van der Waals surface area contributed by atoms with E-state index in [2.05, 4.69) is 4.99 Å². The lowest BCUT2D eigenvalue weighted by Gasteiger charge is -2.47. The quantitative estimate of drug-likeness (QED) is 0.223. The number of fused-ring (bicyclic) bond motifs is 1. The summed E-state index contributed by atoms with van der Waals surface area (Å²) in [5.74, 6) is -4.34. The average Bonchev–Trinajstić information content (AvgIpc) is 3.25. The Morgan fingerprint density at radius 2 is 1.05 bits per heavy atom. The highest BCUT2D eigenvalue weighted by molar-refractivity contribution is 5.75. The molecule has 17 nitrogen and oxygen atoms in total. The molecule has 2 saturated heterocycles. The lowest BCUT2D eigenvalue weighted by molar-refractivity contribution is -0.339. The third-order valence-corrected chi connectivity index (χ3v) is 6.22. The third-order valence-electron chi connectivity index (χ3n) is 6.22. The molecule has 3 aliphatic rings. The Morgan fingerprint density at radius 1 is 0.605 bits per heavy atom. The third kappa shape index (κ3) is 9.08. The molecule has 3 heterocycles. The van der Waals surface area contributed by atoms with E-state index in [4.69, 9.17) is 47.4 Å². The van der Waals surface area contributed by atoms with Crippen molar-refractivity contribution in [3.05, 3.63) is 0 Å². The first kappa shape index (κ1) is 33.7. The summed E-state index contributed by atoms with van der Waals surface area (Å²) in [4.78, 5) is 76.1. The molecule has 0 aliphatic carbocycles. The van der Waals surface area contributed by atoms with Crippen molar-refractivity contribution in [3.8, 4) is 0 Å². The van der Waals surface area contributed by atoms with Gasteiger partial charge in [0, 0.05) is 48.5 Å². The predicted molar refractivity (Wildman–Crippen MR) is 136 cm³/mol. The molecule has 0 spiro atoms. The van der Waals surface area contributed by atoms with Crippen molar-refractivity contribution in [2.45, 2.75) is 110 Å². The molecule has 10 unspecified atom stereocenters. The highest BCUT2D eigenvalue weighted by Crippen LogP contribution is 2.37. The Labute approximate surface area is 246 Å². The Bertz CT molecular complexity index is 1120. The largest absolute Gasteiger partial charge is 0.463 e. The van der Waals surface area contributed by atoms with Gasteiger partial charge in [-0.2, -0.15) is 0 Å². The van der Waals surface area contributed by atoms with E-state index in [1.54, 1.807) is 6.92 Å². The molecule has 2 fully saturated rings. The van der Waals surface area contributed by atoms with Crippen molar-refractivity contribution in [2.24, 2.45) is 4.99 Å². The lowest BCUT2D eigenvalue weighted by Crippen LogP contribution is -2.66. The maximum atomic E-state index is 12.2. The standard InChI is InChI=1S/C26H35NO16/c1-10-27-19-22(20(37-13(4)30)17(8-34-11(2)28)41-25(19)36-10)43-26-24(40-16(7)33)23(39-15(6)32)21(38-14(5)31)18(42-26)9-35-12(3)29/h17-26H,8-9H2,1-7H3. The summed E-state index contributed by atoms with van der Waals surface area (Å²) < 4.78 is 55.9. The first-order valence-electron chi connectivity index (χ1n) is 13.3. The van der Waals surface area contributed by atoms with Crippen LogP contribution in [0.5, 0.6) is 0 Å². The van der Waals surface area contributed by atoms with Gasteiger partial charge in [-0.3, -0.25) is 28.8 Å². The van der Waals surface area contributed by atoms with E-state index in [1.165, 1.54) is 6.92 Å². The zero-order valence-electron chi connectivity index (χ0n) is 24.7. The average molecular weight is 618 g/mol. The summed E-state index contributed by atoms with van der Waals surface area (Å²) in [6.07, 6.45) is -12.1. The van der Waals surface area contributed by atoms with Gasteiger partial charge in [-0.05, 0) is 0 Å². The molecule has 0 aromatic rings. The zero-order chi connectivity index (χ0) is 32.0. The van der Waals surface area contributed by atoms with Gasteiger partial charge in [-0.15, -0.1) is 0 Å².